The van der Waals surface area contributed by atoms with E-state index in [1.165, 1.54) is 22.4 Å². The molecule has 102 valence electrons. The molecule has 1 heteroatoms. The van der Waals surface area contributed by atoms with Crippen molar-refractivity contribution in [2.75, 3.05) is 5.32 Å². The zero-order chi connectivity index (χ0) is 14.1. The van der Waals surface area contributed by atoms with Gasteiger partial charge in [-0.2, -0.15) is 0 Å². The van der Waals surface area contributed by atoms with Gasteiger partial charge >= 0.3 is 0 Å². The maximum absolute atomic E-state index is 3.70. The smallest absolute Gasteiger partial charge is 0.0623 e. The van der Waals surface area contributed by atoms with Crippen LogP contribution in [-0.4, -0.2) is 0 Å². The van der Waals surface area contributed by atoms with Crippen molar-refractivity contribution in [1.82, 2.24) is 0 Å². The Hall–Kier alpha value is -2.54. The highest BCUT2D eigenvalue weighted by Gasteiger charge is 2.33. The van der Waals surface area contributed by atoms with Gasteiger partial charge in [0.2, 0.25) is 0 Å². The van der Waals surface area contributed by atoms with E-state index < -0.39 is 0 Å². The molecule has 2 unspecified atom stereocenters. The Labute approximate surface area is 125 Å². The first-order chi connectivity index (χ1) is 10.4. The van der Waals surface area contributed by atoms with Crippen LogP contribution in [0.3, 0.4) is 0 Å². The van der Waals surface area contributed by atoms with E-state index in [9.17, 15) is 0 Å². The third-order valence-electron chi connectivity index (χ3n) is 4.26. The Kier molecular flexibility index (Phi) is 2.97. The topological polar surface area (TPSA) is 12.0 Å². The predicted molar refractivity (Wildman–Crippen MR) is 87.5 cm³/mol. The van der Waals surface area contributed by atoms with E-state index in [2.05, 4.69) is 90.2 Å². The summed E-state index contributed by atoms with van der Waals surface area (Å²) >= 11 is 0. The van der Waals surface area contributed by atoms with E-state index in [-0.39, 0.29) is 0 Å². The van der Waals surface area contributed by atoms with Crippen LogP contribution in [0, 0.1) is 0 Å². The summed E-state index contributed by atoms with van der Waals surface area (Å²) in [5.74, 6) is 0.366. The lowest BCUT2D eigenvalue weighted by Gasteiger charge is -2.21. The average Bonchev–Trinajstić information content (AvgIpc) is 2.96. The summed E-state index contributed by atoms with van der Waals surface area (Å²) in [5.41, 5.74) is 5.34. The second-order valence-corrected chi connectivity index (χ2v) is 5.51. The van der Waals surface area contributed by atoms with E-state index in [0.29, 0.717) is 12.0 Å². The van der Waals surface area contributed by atoms with Gasteiger partial charge < -0.3 is 5.32 Å². The second-order valence-electron chi connectivity index (χ2n) is 5.51. The van der Waals surface area contributed by atoms with Gasteiger partial charge in [-0.3, -0.25) is 0 Å². The molecule has 1 aliphatic rings. The molecule has 0 saturated carbocycles. The van der Waals surface area contributed by atoms with Crippen molar-refractivity contribution in [2.45, 2.75) is 12.0 Å². The van der Waals surface area contributed by atoms with Gasteiger partial charge in [0.05, 0.1) is 6.04 Å². The lowest BCUT2D eigenvalue weighted by molar-refractivity contribution is 0.713. The largest absolute Gasteiger partial charge is 0.377 e. The van der Waals surface area contributed by atoms with E-state index in [1.54, 1.807) is 0 Å². The van der Waals surface area contributed by atoms with Gasteiger partial charge in [0.25, 0.3) is 0 Å². The summed E-state index contributed by atoms with van der Waals surface area (Å²) in [6.45, 7) is 0. The highest BCUT2D eigenvalue weighted by Crippen LogP contribution is 2.47. The quantitative estimate of drug-likeness (QED) is 0.692. The summed E-state index contributed by atoms with van der Waals surface area (Å²) in [6, 6.07) is 30.4. The highest BCUT2D eigenvalue weighted by atomic mass is 15.0. The van der Waals surface area contributed by atoms with Crippen LogP contribution in [0.2, 0.25) is 0 Å². The number of hydrogen-bond donors (Lipinski definition) is 1. The van der Waals surface area contributed by atoms with Crippen LogP contribution in [0.5, 0.6) is 0 Å². The fourth-order valence-electron chi connectivity index (χ4n) is 3.30. The van der Waals surface area contributed by atoms with Gasteiger partial charge in [-0.05, 0) is 22.8 Å². The molecular formula is C20H17N. The van der Waals surface area contributed by atoms with Crippen molar-refractivity contribution in [3.8, 4) is 0 Å². The molecule has 0 amide bonds. The van der Waals surface area contributed by atoms with Crippen LogP contribution in [0.25, 0.3) is 0 Å². The summed E-state index contributed by atoms with van der Waals surface area (Å²) in [7, 11) is 0. The van der Waals surface area contributed by atoms with Crippen LogP contribution in [0.1, 0.15) is 28.7 Å². The first kappa shape index (κ1) is 12.2. The van der Waals surface area contributed by atoms with Crippen molar-refractivity contribution in [1.29, 1.82) is 0 Å². The highest BCUT2D eigenvalue weighted by molar-refractivity contribution is 5.63. The fraction of sp³-hybridized carbons (Fsp3) is 0.100. The van der Waals surface area contributed by atoms with Gasteiger partial charge in [0, 0.05) is 11.6 Å². The van der Waals surface area contributed by atoms with Crippen LogP contribution in [-0.2, 0) is 0 Å². The Morgan fingerprint density at radius 2 is 1.14 bits per heavy atom. The lowest BCUT2D eigenvalue weighted by atomic mass is 9.85. The first-order valence-corrected chi connectivity index (χ1v) is 7.39. The molecule has 0 bridgehead atoms. The predicted octanol–water partition coefficient (Wildman–Crippen LogP) is 4.99. The molecule has 0 radical (unpaired) electrons. The standard InChI is InChI=1S/C20H17N/c1-3-9-15(10-4-1)19-17-13-7-8-14-18(17)21-20(19)16-11-5-2-6-12-16/h1-14,19-21H. The Balaban J connectivity index is 1.85. The number of anilines is 1. The number of hydrogen-bond acceptors (Lipinski definition) is 1. The first-order valence-electron chi connectivity index (χ1n) is 7.39. The van der Waals surface area contributed by atoms with Gasteiger partial charge in [-0.25, -0.2) is 0 Å². The molecule has 1 heterocycles. The normalized spacial score (nSPS) is 19.8. The Morgan fingerprint density at radius 3 is 1.86 bits per heavy atom. The Bertz CT molecular complexity index is 734. The molecule has 3 aromatic carbocycles. The minimum Gasteiger partial charge on any atom is -0.377 e. The maximum atomic E-state index is 3.70. The molecular weight excluding hydrogens is 254 g/mol. The van der Waals surface area contributed by atoms with Crippen LogP contribution < -0.4 is 5.32 Å². The van der Waals surface area contributed by atoms with E-state index >= 15 is 0 Å². The van der Waals surface area contributed by atoms with Gasteiger partial charge in [-0.1, -0.05) is 78.9 Å². The number of fused-ring (bicyclic) bond motifs is 1. The van der Waals surface area contributed by atoms with Gasteiger partial charge in [-0.15, -0.1) is 0 Å². The third kappa shape index (κ3) is 2.11. The van der Waals surface area contributed by atoms with Crippen molar-refractivity contribution in [2.24, 2.45) is 0 Å². The Morgan fingerprint density at radius 1 is 0.571 bits per heavy atom. The van der Waals surface area contributed by atoms with Crippen LogP contribution in [0.15, 0.2) is 84.9 Å². The summed E-state index contributed by atoms with van der Waals surface area (Å²) < 4.78 is 0. The second kappa shape index (κ2) is 5.10. The molecule has 0 aromatic heterocycles. The summed E-state index contributed by atoms with van der Waals surface area (Å²) in [5, 5.41) is 3.70. The minimum absolute atomic E-state index is 0.297. The van der Waals surface area contributed by atoms with E-state index in [4.69, 9.17) is 0 Å². The number of benzene rings is 3. The molecule has 1 aliphatic heterocycles. The molecule has 1 N–H and O–H groups in total. The molecule has 1 nitrogen and oxygen atoms in total. The molecule has 3 aromatic rings. The molecule has 0 aliphatic carbocycles. The zero-order valence-corrected chi connectivity index (χ0v) is 11.7. The monoisotopic (exact) mass is 271 g/mol. The number of para-hydroxylation sites is 1. The van der Waals surface area contributed by atoms with Crippen molar-refractivity contribution in [3.05, 3.63) is 102 Å². The van der Waals surface area contributed by atoms with Gasteiger partial charge in [0.15, 0.2) is 0 Å². The summed E-state index contributed by atoms with van der Waals surface area (Å²) in [4.78, 5) is 0. The zero-order valence-electron chi connectivity index (χ0n) is 11.7. The number of nitrogens with one attached hydrogen (secondary N) is 1. The van der Waals surface area contributed by atoms with Crippen molar-refractivity contribution >= 4 is 5.69 Å². The summed E-state index contributed by atoms with van der Waals surface area (Å²) in [6.07, 6.45) is 0. The van der Waals surface area contributed by atoms with Gasteiger partial charge in [0.1, 0.15) is 0 Å². The SMILES string of the molecule is c1ccc(C2Nc3ccccc3C2c2ccccc2)cc1. The van der Waals surface area contributed by atoms with E-state index in [0.717, 1.165) is 0 Å². The third-order valence-corrected chi connectivity index (χ3v) is 4.26. The molecule has 0 fully saturated rings. The number of rotatable bonds is 2. The maximum Gasteiger partial charge on any atom is 0.0623 e. The lowest BCUT2D eigenvalue weighted by Crippen LogP contribution is -2.12. The van der Waals surface area contributed by atoms with Crippen LogP contribution in [0.4, 0.5) is 5.69 Å². The molecule has 2 atom stereocenters. The van der Waals surface area contributed by atoms with Crippen molar-refractivity contribution < 1.29 is 0 Å². The molecule has 0 saturated heterocycles. The molecule has 4 rings (SSSR count). The van der Waals surface area contributed by atoms with Crippen LogP contribution >= 0.6 is 0 Å². The van der Waals surface area contributed by atoms with E-state index in [1.807, 2.05) is 0 Å². The molecule has 0 spiro atoms. The fourth-order valence-corrected chi connectivity index (χ4v) is 3.30. The minimum atomic E-state index is 0.297. The van der Waals surface area contributed by atoms with Crippen molar-refractivity contribution in [3.63, 3.8) is 0 Å². The molecule has 21 heavy (non-hydrogen) atoms. The average molecular weight is 271 g/mol.